The lowest BCUT2D eigenvalue weighted by atomic mass is 9.89. The number of nitrogens with zero attached hydrogens (tertiary/aromatic N) is 3. The molecule has 20 heavy (non-hydrogen) atoms. The van der Waals surface area contributed by atoms with Crippen LogP contribution in [0.1, 0.15) is 38.2 Å². The third kappa shape index (κ3) is 2.90. The van der Waals surface area contributed by atoms with Gasteiger partial charge in [-0.25, -0.2) is 0 Å². The first-order valence-electron chi connectivity index (χ1n) is 7.70. The average molecular weight is 279 g/mol. The van der Waals surface area contributed by atoms with Gasteiger partial charge < -0.3 is 9.47 Å². The Kier molecular flexibility index (Phi) is 4.10. The highest BCUT2D eigenvalue weighted by molar-refractivity contribution is 5.04. The molecule has 1 aliphatic carbocycles. The van der Waals surface area contributed by atoms with Crippen LogP contribution in [0, 0.1) is 0 Å². The zero-order valence-electron chi connectivity index (χ0n) is 12.5. The largest absolute Gasteiger partial charge is 0.348 e. The van der Waals surface area contributed by atoms with E-state index in [1.54, 1.807) is 0 Å². The van der Waals surface area contributed by atoms with Crippen molar-refractivity contribution in [2.24, 2.45) is 0 Å². The van der Waals surface area contributed by atoms with Crippen molar-refractivity contribution in [2.75, 3.05) is 20.3 Å². The lowest BCUT2D eigenvalue weighted by molar-refractivity contribution is -0.183. The molecule has 1 aromatic heterocycles. The normalized spacial score (nSPS) is 22.9. The van der Waals surface area contributed by atoms with E-state index in [0.29, 0.717) is 6.04 Å². The van der Waals surface area contributed by atoms with Gasteiger partial charge in [-0.1, -0.05) is 0 Å². The van der Waals surface area contributed by atoms with Gasteiger partial charge in [0.2, 0.25) is 0 Å². The van der Waals surface area contributed by atoms with Crippen molar-refractivity contribution in [3.8, 4) is 0 Å². The van der Waals surface area contributed by atoms with Gasteiger partial charge in [0.15, 0.2) is 5.79 Å². The molecule has 1 saturated carbocycles. The molecule has 0 unspecified atom stereocenters. The first kappa shape index (κ1) is 14.0. The number of hydrogen-bond donors (Lipinski definition) is 0. The van der Waals surface area contributed by atoms with E-state index in [-0.39, 0.29) is 5.79 Å². The molecule has 1 spiro atoms. The summed E-state index contributed by atoms with van der Waals surface area (Å²) in [5, 5.41) is 4.34. The number of hydrogen-bond acceptors (Lipinski definition) is 4. The molecule has 0 aromatic carbocycles. The van der Waals surface area contributed by atoms with Crippen LogP contribution in [0.2, 0.25) is 0 Å². The summed E-state index contributed by atoms with van der Waals surface area (Å²) in [5.74, 6) is -0.246. The van der Waals surface area contributed by atoms with Crippen LogP contribution < -0.4 is 0 Å². The molecule has 0 atom stereocenters. The van der Waals surface area contributed by atoms with Crippen LogP contribution in [0.5, 0.6) is 0 Å². The van der Waals surface area contributed by atoms with E-state index in [0.717, 1.165) is 52.0 Å². The molecule has 5 nitrogen and oxygen atoms in total. The van der Waals surface area contributed by atoms with E-state index in [4.69, 9.17) is 9.47 Å². The van der Waals surface area contributed by atoms with Crippen LogP contribution in [0.25, 0.3) is 0 Å². The molecular weight excluding hydrogens is 254 g/mol. The second-order valence-electron chi connectivity index (χ2n) is 5.96. The third-order valence-corrected chi connectivity index (χ3v) is 4.60. The Bertz CT molecular complexity index is 430. The Balaban J connectivity index is 1.52. The highest BCUT2D eigenvalue weighted by atomic mass is 16.7. The summed E-state index contributed by atoms with van der Waals surface area (Å²) in [4.78, 5) is 2.44. The fourth-order valence-electron chi connectivity index (χ4n) is 3.35. The number of rotatable bonds is 4. The Morgan fingerprint density at radius 2 is 2.05 bits per heavy atom. The van der Waals surface area contributed by atoms with Crippen LogP contribution >= 0.6 is 0 Å². The van der Waals surface area contributed by atoms with Crippen LogP contribution in [0.4, 0.5) is 0 Å². The Labute approximate surface area is 120 Å². The van der Waals surface area contributed by atoms with Crippen molar-refractivity contribution >= 4 is 0 Å². The van der Waals surface area contributed by atoms with E-state index in [1.807, 2.05) is 10.9 Å². The topological polar surface area (TPSA) is 39.5 Å². The molecular formula is C15H25N3O2. The summed E-state index contributed by atoms with van der Waals surface area (Å²) in [7, 11) is 2.21. The van der Waals surface area contributed by atoms with Crippen LogP contribution in [-0.2, 0) is 22.6 Å². The molecule has 2 heterocycles. The summed E-state index contributed by atoms with van der Waals surface area (Å²) in [6.45, 7) is 5.54. The molecule has 2 aliphatic rings. The minimum Gasteiger partial charge on any atom is -0.348 e. The van der Waals surface area contributed by atoms with E-state index in [9.17, 15) is 0 Å². The number of aromatic nitrogens is 2. The quantitative estimate of drug-likeness (QED) is 0.845. The van der Waals surface area contributed by atoms with Crippen molar-refractivity contribution in [1.29, 1.82) is 0 Å². The Morgan fingerprint density at radius 1 is 1.35 bits per heavy atom. The van der Waals surface area contributed by atoms with Gasteiger partial charge in [0, 0.05) is 43.7 Å². The van der Waals surface area contributed by atoms with Gasteiger partial charge in [0.05, 0.1) is 19.4 Å². The minimum atomic E-state index is -0.246. The smallest absolute Gasteiger partial charge is 0.168 e. The lowest BCUT2D eigenvalue weighted by Crippen LogP contribution is -2.42. The van der Waals surface area contributed by atoms with Gasteiger partial charge in [-0.3, -0.25) is 9.58 Å². The molecule has 1 aromatic rings. The van der Waals surface area contributed by atoms with Gasteiger partial charge in [0.1, 0.15) is 0 Å². The first-order chi connectivity index (χ1) is 9.71. The summed E-state index contributed by atoms with van der Waals surface area (Å²) < 4.78 is 13.6. The highest BCUT2D eigenvalue weighted by Gasteiger charge is 2.40. The van der Waals surface area contributed by atoms with Crippen molar-refractivity contribution in [1.82, 2.24) is 14.7 Å². The second kappa shape index (κ2) is 5.84. The first-order valence-corrected chi connectivity index (χ1v) is 7.70. The number of aryl methyl sites for hydroxylation is 1. The molecule has 0 amide bonds. The minimum absolute atomic E-state index is 0.246. The van der Waals surface area contributed by atoms with Crippen LogP contribution in [-0.4, -0.2) is 46.8 Å². The summed E-state index contributed by atoms with van der Waals surface area (Å²) in [6, 6.07) is 0.624. The Morgan fingerprint density at radius 3 is 2.65 bits per heavy atom. The third-order valence-electron chi connectivity index (χ3n) is 4.60. The maximum atomic E-state index is 5.79. The van der Waals surface area contributed by atoms with Crippen molar-refractivity contribution in [2.45, 2.75) is 57.5 Å². The van der Waals surface area contributed by atoms with Gasteiger partial charge >= 0.3 is 0 Å². The average Bonchev–Trinajstić information content (AvgIpc) is 3.09. The molecule has 0 radical (unpaired) electrons. The van der Waals surface area contributed by atoms with E-state index >= 15 is 0 Å². The maximum absolute atomic E-state index is 5.79. The SMILES string of the molecule is CCn1cc(CN(C)C2CCC3(CC2)OCCO3)cn1. The predicted molar refractivity (Wildman–Crippen MR) is 76.3 cm³/mol. The molecule has 5 heteroatoms. The van der Waals surface area contributed by atoms with Crippen LogP contribution in [0.3, 0.4) is 0 Å². The number of ether oxygens (including phenoxy) is 2. The van der Waals surface area contributed by atoms with Crippen LogP contribution in [0.15, 0.2) is 12.4 Å². The van der Waals surface area contributed by atoms with E-state index in [2.05, 4.69) is 30.2 Å². The fraction of sp³-hybridized carbons (Fsp3) is 0.800. The zero-order chi connectivity index (χ0) is 14.0. The molecule has 0 bridgehead atoms. The Hall–Kier alpha value is -0.910. The standard InChI is InChI=1S/C15H25N3O2/c1-3-18-12-13(10-16-18)11-17(2)14-4-6-15(7-5-14)19-8-9-20-15/h10,12,14H,3-9,11H2,1-2H3. The van der Waals surface area contributed by atoms with E-state index < -0.39 is 0 Å². The van der Waals surface area contributed by atoms with Crippen molar-refractivity contribution in [3.05, 3.63) is 18.0 Å². The zero-order valence-corrected chi connectivity index (χ0v) is 12.5. The summed E-state index contributed by atoms with van der Waals surface area (Å²) in [5.41, 5.74) is 1.29. The molecule has 1 aliphatic heterocycles. The van der Waals surface area contributed by atoms with Gasteiger partial charge in [-0.15, -0.1) is 0 Å². The van der Waals surface area contributed by atoms with Crippen molar-refractivity contribution in [3.63, 3.8) is 0 Å². The predicted octanol–water partition coefficient (Wildman–Crippen LogP) is 2.02. The lowest BCUT2D eigenvalue weighted by Gasteiger charge is -2.39. The molecule has 1 saturated heterocycles. The molecule has 112 valence electrons. The molecule has 0 N–H and O–H groups in total. The monoisotopic (exact) mass is 279 g/mol. The highest BCUT2D eigenvalue weighted by Crippen LogP contribution is 2.37. The van der Waals surface area contributed by atoms with Gasteiger partial charge in [-0.2, -0.15) is 5.10 Å². The van der Waals surface area contributed by atoms with Gasteiger partial charge in [-0.05, 0) is 26.8 Å². The molecule has 2 fully saturated rings. The van der Waals surface area contributed by atoms with Gasteiger partial charge in [0.25, 0.3) is 0 Å². The maximum Gasteiger partial charge on any atom is 0.168 e. The second-order valence-corrected chi connectivity index (χ2v) is 5.96. The summed E-state index contributed by atoms with van der Waals surface area (Å²) >= 11 is 0. The van der Waals surface area contributed by atoms with Crippen molar-refractivity contribution < 1.29 is 9.47 Å². The molecule has 3 rings (SSSR count). The fourth-order valence-corrected chi connectivity index (χ4v) is 3.35. The van der Waals surface area contributed by atoms with E-state index in [1.165, 1.54) is 5.56 Å². The summed E-state index contributed by atoms with van der Waals surface area (Å²) in [6.07, 6.45) is 8.47.